The van der Waals surface area contributed by atoms with Crippen molar-refractivity contribution < 1.29 is 71.7 Å². The molecule has 25 heavy (non-hydrogen) atoms. The number of ether oxygens (including phenoxy) is 1. The van der Waals surface area contributed by atoms with E-state index in [-0.39, 0.29) is 24.4 Å². The van der Waals surface area contributed by atoms with Gasteiger partial charge in [0.15, 0.2) is 10.1 Å². The average molecular weight is 394 g/mol. The minimum atomic E-state index is -7.37. The molecule has 0 saturated heterocycles. The van der Waals surface area contributed by atoms with Gasteiger partial charge in [-0.1, -0.05) is 30.3 Å². The van der Waals surface area contributed by atoms with Crippen LogP contribution < -0.4 is 18.9 Å². The van der Waals surface area contributed by atoms with E-state index in [0.29, 0.717) is 0 Å². The number of rotatable bonds is 7. The maximum Gasteiger partial charge on any atom is 1.00 e. The van der Waals surface area contributed by atoms with Crippen LogP contribution in [0, 0.1) is 0 Å². The number of alkyl halides is 8. The van der Waals surface area contributed by atoms with Crippen LogP contribution in [0.5, 0.6) is 0 Å². The van der Waals surface area contributed by atoms with Gasteiger partial charge < -0.3 is 9.29 Å². The molecule has 0 fully saturated rings. The SMILES string of the molecule is O=S(=O)([O-])C(F)(F)C(F)(F)C(F)(F)C(F)(F)OCc1ccccc1.[Li+]. The van der Waals surface area contributed by atoms with Gasteiger partial charge in [0, 0.05) is 0 Å². The minimum Gasteiger partial charge on any atom is -0.743 e. The predicted octanol–water partition coefficient (Wildman–Crippen LogP) is 0.209. The van der Waals surface area contributed by atoms with E-state index in [4.69, 9.17) is 0 Å². The fourth-order valence-corrected chi connectivity index (χ4v) is 1.80. The van der Waals surface area contributed by atoms with Gasteiger partial charge in [-0.15, -0.1) is 0 Å². The monoisotopic (exact) mass is 394 g/mol. The van der Waals surface area contributed by atoms with E-state index in [1.165, 1.54) is 18.2 Å². The summed E-state index contributed by atoms with van der Waals surface area (Å²) >= 11 is 0. The Balaban J connectivity index is 0.00000576. The molecule has 0 atom stereocenters. The maximum absolute atomic E-state index is 13.2. The third kappa shape index (κ3) is 4.28. The maximum atomic E-state index is 13.2. The molecule has 14 heteroatoms. The standard InChI is InChI=1S/C11H8F8O4S.Li/c12-8(13,9(14,15)11(18,19)24(20,21)22)10(16,17)23-6-7-4-2-1-3-5-7;/h1-5H,6H2,(H,20,21,22);/q;+1/p-1. The molecule has 0 unspecified atom stereocenters. The van der Waals surface area contributed by atoms with E-state index in [9.17, 15) is 48.1 Å². The zero-order chi connectivity index (χ0) is 19.0. The van der Waals surface area contributed by atoms with Gasteiger partial charge in [0.05, 0.1) is 6.61 Å². The van der Waals surface area contributed by atoms with Crippen molar-refractivity contribution in [2.75, 3.05) is 0 Å². The molecule has 0 bridgehead atoms. The summed E-state index contributed by atoms with van der Waals surface area (Å²) in [6.07, 6.45) is -6.21. The number of benzene rings is 1. The molecule has 0 spiro atoms. The first-order valence-corrected chi connectivity index (χ1v) is 7.13. The molecule has 138 valence electrons. The third-order valence-electron chi connectivity index (χ3n) is 2.70. The predicted molar refractivity (Wildman–Crippen MR) is 60.7 cm³/mol. The molecular weight excluding hydrogens is 387 g/mol. The van der Waals surface area contributed by atoms with E-state index < -0.39 is 39.9 Å². The second-order valence-corrected chi connectivity index (χ2v) is 5.83. The van der Waals surface area contributed by atoms with Crippen LogP contribution in [0.2, 0.25) is 0 Å². The topological polar surface area (TPSA) is 66.4 Å². The number of hydrogen-bond donors (Lipinski definition) is 0. The molecule has 1 rings (SSSR count). The Kier molecular flexibility index (Phi) is 7.14. The van der Waals surface area contributed by atoms with Crippen molar-refractivity contribution in [2.45, 2.75) is 29.8 Å². The van der Waals surface area contributed by atoms with Crippen LogP contribution >= 0.6 is 0 Å². The van der Waals surface area contributed by atoms with Gasteiger partial charge in [0.1, 0.15) is 0 Å². The van der Waals surface area contributed by atoms with Crippen molar-refractivity contribution in [2.24, 2.45) is 0 Å². The normalized spacial score (nSPS) is 14.1. The molecule has 0 heterocycles. The van der Waals surface area contributed by atoms with Crippen molar-refractivity contribution in [3.63, 3.8) is 0 Å². The van der Waals surface area contributed by atoms with Gasteiger partial charge in [-0.25, -0.2) is 8.42 Å². The van der Waals surface area contributed by atoms with Gasteiger partial charge in [0.25, 0.3) is 0 Å². The van der Waals surface area contributed by atoms with Crippen LogP contribution in [0.1, 0.15) is 5.56 Å². The fourth-order valence-electron chi connectivity index (χ4n) is 1.36. The Bertz CT molecular complexity index is 681. The summed E-state index contributed by atoms with van der Waals surface area (Å²) in [5.74, 6) is -14.2. The molecule has 0 aliphatic rings. The third-order valence-corrected chi connectivity index (χ3v) is 3.59. The van der Waals surface area contributed by atoms with Crippen molar-refractivity contribution >= 4 is 10.1 Å². The Morgan fingerprint density at radius 1 is 0.880 bits per heavy atom. The zero-order valence-corrected chi connectivity index (χ0v) is 13.0. The fraction of sp³-hybridized carbons (Fsp3) is 0.455. The minimum absolute atomic E-state index is 0. The van der Waals surface area contributed by atoms with Gasteiger partial charge in [-0.3, -0.25) is 0 Å². The average Bonchev–Trinajstić information content (AvgIpc) is 2.44. The van der Waals surface area contributed by atoms with E-state index in [0.717, 1.165) is 12.1 Å². The number of hydrogen-bond acceptors (Lipinski definition) is 4. The molecule has 4 nitrogen and oxygen atoms in total. The molecule has 0 radical (unpaired) electrons. The summed E-state index contributed by atoms with van der Waals surface area (Å²) in [5, 5.41) is -7.00. The van der Waals surface area contributed by atoms with Crippen LogP contribution in [0.4, 0.5) is 35.1 Å². The van der Waals surface area contributed by atoms with Gasteiger partial charge in [-0.2, -0.15) is 35.1 Å². The Morgan fingerprint density at radius 3 is 1.72 bits per heavy atom. The number of halogens is 8. The van der Waals surface area contributed by atoms with Gasteiger partial charge in [-0.05, 0) is 5.56 Å². The Morgan fingerprint density at radius 2 is 1.32 bits per heavy atom. The summed E-state index contributed by atoms with van der Waals surface area (Å²) in [6, 6.07) is 6.04. The largest absolute Gasteiger partial charge is 1.00 e. The van der Waals surface area contributed by atoms with E-state index in [1.807, 2.05) is 0 Å². The second kappa shape index (κ2) is 7.40. The molecule has 1 aromatic carbocycles. The molecule has 0 amide bonds. The van der Waals surface area contributed by atoms with Crippen molar-refractivity contribution in [1.29, 1.82) is 0 Å². The van der Waals surface area contributed by atoms with Crippen LogP contribution in [0.25, 0.3) is 0 Å². The Labute approximate surface area is 148 Å². The van der Waals surface area contributed by atoms with Crippen LogP contribution in [-0.4, -0.2) is 36.2 Å². The van der Waals surface area contributed by atoms with E-state index in [2.05, 4.69) is 4.74 Å². The van der Waals surface area contributed by atoms with Gasteiger partial charge >= 0.3 is 42.1 Å². The summed E-state index contributed by atoms with van der Waals surface area (Å²) in [4.78, 5) is 0. The summed E-state index contributed by atoms with van der Waals surface area (Å²) in [5.41, 5.74) is -0.195. The van der Waals surface area contributed by atoms with E-state index in [1.54, 1.807) is 0 Å². The molecule has 0 aliphatic carbocycles. The molecule has 0 saturated carbocycles. The molecular formula is C11H7F8LiO4S. The molecule has 1 aromatic rings. The van der Waals surface area contributed by atoms with Crippen molar-refractivity contribution in [1.82, 2.24) is 0 Å². The smallest absolute Gasteiger partial charge is 0.743 e. The quantitative estimate of drug-likeness (QED) is 0.377. The van der Waals surface area contributed by atoms with Crippen molar-refractivity contribution in [3.05, 3.63) is 35.9 Å². The summed E-state index contributed by atoms with van der Waals surface area (Å²) in [7, 11) is -7.37. The molecule has 0 N–H and O–H groups in total. The first-order chi connectivity index (χ1) is 10.6. The summed E-state index contributed by atoms with van der Waals surface area (Å²) in [6.45, 7) is -1.38. The second-order valence-electron chi connectivity index (χ2n) is 4.41. The molecule has 0 aromatic heterocycles. The van der Waals surface area contributed by atoms with Crippen LogP contribution in [0.15, 0.2) is 30.3 Å². The van der Waals surface area contributed by atoms with Crippen molar-refractivity contribution in [3.8, 4) is 0 Å². The first-order valence-electron chi connectivity index (χ1n) is 5.72. The Hall–Kier alpha value is -0.873. The van der Waals surface area contributed by atoms with Crippen LogP contribution in [0.3, 0.4) is 0 Å². The van der Waals surface area contributed by atoms with Crippen LogP contribution in [-0.2, 0) is 21.5 Å². The first kappa shape index (κ1) is 24.1. The summed E-state index contributed by atoms with van der Waals surface area (Å²) < 4.78 is 138. The van der Waals surface area contributed by atoms with Gasteiger partial charge in [0.2, 0.25) is 0 Å². The zero-order valence-electron chi connectivity index (χ0n) is 12.2. The molecule has 0 aliphatic heterocycles. The van der Waals surface area contributed by atoms with E-state index >= 15 is 0 Å².